The van der Waals surface area contributed by atoms with Gasteiger partial charge in [-0.15, -0.1) is 5.10 Å². The minimum Gasteiger partial charge on any atom is -0.419 e. The molecule has 0 aliphatic carbocycles. The third-order valence-electron chi connectivity index (χ3n) is 2.23. The maximum atomic E-state index is 5.97. The van der Waals surface area contributed by atoms with Gasteiger partial charge < -0.3 is 4.74 Å². The van der Waals surface area contributed by atoms with Gasteiger partial charge in [0.05, 0.1) is 0 Å². The fourth-order valence-electron chi connectivity index (χ4n) is 1.34. The van der Waals surface area contributed by atoms with Gasteiger partial charge in [-0.3, -0.25) is 5.10 Å². The fourth-order valence-corrected chi connectivity index (χ4v) is 1.51. The molecule has 0 bridgehead atoms. The van der Waals surface area contributed by atoms with Crippen molar-refractivity contribution in [2.75, 3.05) is 0 Å². The highest BCUT2D eigenvalue weighted by molar-refractivity contribution is 6.29. The van der Waals surface area contributed by atoms with Crippen LogP contribution in [0.1, 0.15) is 32.3 Å². The quantitative estimate of drug-likeness (QED) is 0.848. The molecule has 18 heavy (non-hydrogen) atoms. The number of aryl methyl sites for hydroxylation is 1. The van der Waals surface area contributed by atoms with Crippen molar-refractivity contribution < 1.29 is 4.74 Å². The molecule has 2 rings (SSSR count). The molecule has 0 fully saturated rings. The van der Waals surface area contributed by atoms with Crippen molar-refractivity contribution in [3.8, 4) is 11.8 Å². The maximum absolute atomic E-state index is 5.97. The zero-order valence-electron chi connectivity index (χ0n) is 10.8. The molecule has 1 N–H and O–H groups in total. The van der Waals surface area contributed by atoms with Crippen LogP contribution in [0.4, 0.5) is 0 Å². The first-order valence-electron chi connectivity index (χ1n) is 5.59. The zero-order chi connectivity index (χ0) is 13.3. The Labute approximate surface area is 111 Å². The van der Waals surface area contributed by atoms with Crippen LogP contribution < -0.4 is 4.74 Å². The summed E-state index contributed by atoms with van der Waals surface area (Å²) in [5.74, 6) is 1.49. The Morgan fingerprint density at radius 3 is 2.44 bits per heavy atom. The molecule has 2 aromatic rings. The third-order valence-corrected chi connectivity index (χ3v) is 2.43. The molecule has 2 heterocycles. The first kappa shape index (κ1) is 12.8. The molecule has 6 heteroatoms. The monoisotopic (exact) mass is 266 g/mol. The molecule has 0 amide bonds. The second-order valence-corrected chi connectivity index (χ2v) is 5.48. The number of hydrogen-bond donors (Lipinski definition) is 1. The van der Waals surface area contributed by atoms with E-state index in [0.717, 1.165) is 5.69 Å². The van der Waals surface area contributed by atoms with Crippen molar-refractivity contribution in [3.63, 3.8) is 0 Å². The average molecular weight is 267 g/mol. The van der Waals surface area contributed by atoms with Crippen molar-refractivity contribution in [1.82, 2.24) is 20.2 Å². The third kappa shape index (κ3) is 2.98. The normalized spacial score (nSPS) is 11.6. The van der Waals surface area contributed by atoms with E-state index in [2.05, 4.69) is 20.2 Å². The molecule has 0 aromatic carbocycles. The molecule has 0 aliphatic heterocycles. The van der Waals surface area contributed by atoms with E-state index in [1.165, 1.54) is 0 Å². The van der Waals surface area contributed by atoms with E-state index in [1.807, 2.05) is 27.7 Å². The van der Waals surface area contributed by atoms with Crippen LogP contribution in [-0.2, 0) is 5.41 Å². The topological polar surface area (TPSA) is 63.7 Å². The summed E-state index contributed by atoms with van der Waals surface area (Å²) in [6.07, 6.45) is 0. The highest BCUT2D eigenvalue weighted by atomic mass is 35.5. The van der Waals surface area contributed by atoms with E-state index in [-0.39, 0.29) is 5.41 Å². The van der Waals surface area contributed by atoms with Crippen LogP contribution in [0.25, 0.3) is 0 Å². The minimum absolute atomic E-state index is 0.190. The number of nitrogens with zero attached hydrogens (tertiary/aromatic N) is 3. The number of rotatable bonds is 2. The van der Waals surface area contributed by atoms with Crippen LogP contribution in [-0.4, -0.2) is 20.2 Å². The Morgan fingerprint density at radius 1 is 1.17 bits per heavy atom. The standard InChI is InChI=1S/C12H15ClN4O/c1-7-5-10(17-16-7)18-9-6-8(13)14-11(15-9)12(2,3)4/h5-6H,1-4H3,(H,16,17). The number of aromatic amines is 1. The van der Waals surface area contributed by atoms with Crippen LogP contribution in [0, 0.1) is 6.92 Å². The molecule has 0 spiro atoms. The van der Waals surface area contributed by atoms with E-state index in [9.17, 15) is 0 Å². The summed E-state index contributed by atoms with van der Waals surface area (Å²) >= 11 is 5.97. The lowest BCUT2D eigenvalue weighted by Crippen LogP contribution is -2.16. The van der Waals surface area contributed by atoms with Crippen molar-refractivity contribution in [2.24, 2.45) is 0 Å². The molecule has 0 saturated carbocycles. The number of aromatic nitrogens is 4. The number of halogens is 1. The highest BCUT2D eigenvalue weighted by Crippen LogP contribution is 2.25. The Bertz CT molecular complexity index is 559. The SMILES string of the molecule is Cc1cc(Oc2cc(Cl)nc(C(C)(C)C)n2)n[nH]1. The van der Waals surface area contributed by atoms with Crippen molar-refractivity contribution in [2.45, 2.75) is 33.1 Å². The second-order valence-electron chi connectivity index (χ2n) is 5.09. The van der Waals surface area contributed by atoms with Crippen LogP contribution in [0.15, 0.2) is 12.1 Å². The van der Waals surface area contributed by atoms with Gasteiger partial charge in [-0.25, -0.2) is 4.98 Å². The Balaban J connectivity index is 2.31. The number of H-pyrrole nitrogens is 1. The molecule has 0 radical (unpaired) electrons. The summed E-state index contributed by atoms with van der Waals surface area (Å²) in [6.45, 7) is 7.94. The van der Waals surface area contributed by atoms with Crippen molar-refractivity contribution in [3.05, 3.63) is 28.8 Å². The van der Waals surface area contributed by atoms with E-state index >= 15 is 0 Å². The van der Waals surface area contributed by atoms with Gasteiger partial charge in [0.1, 0.15) is 11.0 Å². The van der Waals surface area contributed by atoms with Gasteiger partial charge in [0, 0.05) is 23.2 Å². The average Bonchev–Trinajstić information content (AvgIpc) is 2.61. The number of hydrogen-bond acceptors (Lipinski definition) is 4. The predicted molar refractivity (Wildman–Crippen MR) is 69.1 cm³/mol. The second kappa shape index (κ2) is 4.57. The largest absolute Gasteiger partial charge is 0.419 e. The van der Waals surface area contributed by atoms with Gasteiger partial charge in [-0.05, 0) is 6.92 Å². The number of nitrogens with one attached hydrogen (secondary N) is 1. The molecule has 2 aromatic heterocycles. The van der Waals surface area contributed by atoms with E-state index in [1.54, 1.807) is 12.1 Å². The Kier molecular flexibility index (Phi) is 3.26. The van der Waals surface area contributed by atoms with Gasteiger partial charge in [0.2, 0.25) is 11.8 Å². The van der Waals surface area contributed by atoms with E-state index < -0.39 is 0 Å². The van der Waals surface area contributed by atoms with Gasteiger partial charge in [-0.2, -0.15) is 4.98 Å². The van der Waals surface area contributed by atoms with Crippen LogP contribution in [0.5, 0.6) is 11.8 Å². The van der Waals surface area contributed by atoms with E-state index in [4.69, 9.17) is 16.3 Å². The fraction of sp³-hybridized carbons (Fsp3) is 0.417. The predicted octanol–water partition coefficient (Wildman–Crippen LogP) is 3.25. The first-order valence-corrected chi connectivity index (χ1v) is 5.97. The molecular weight excluding hydrogens is 252 g/mol. The highest BCUT2D eigenvalue weighted by Gasteiger charge is 2.19. The van der Waals surface area contributed by atoms with Crippen LogP contribution in [0.2, 0.25) is 5.15 Å². The van der Waals surface area contributed by atoms with Crippen LogP contribution >= 0.6 is 11.6 Å². The Morgan fingerprint density at radius 2 is 1.89 bits per heavy atom. The van der Waals surface area contributed by atoms with Gasteiger partial charge >= 0.3 is 0 Å². The molecule has 5 nitrogen and oxygen atoms in total. The van der Waals surface area contributed by atoms with Gasteiger partial charge in [0.15, 0.2) is 0 Å². The summed E-state index contributed by atoms with van der Waals surface area (Å²) in [5, 5.41) is 7.14. The lowest BCUT2D eigenvalue weighted by molar-refractivity contribution is 0.430. The molecule has 0 aliphatic rings. The Hall–Kier alpha value is -1.62. The summed E-state index contributed by atoms with van der Waals surface area (Å²) in [7, 11) is 0. The molecule has 96 valence electrons. The molecular formula is C12H15ClN4O. The van der Waals surface area contributed by atoms with Crippen molar-refractivity contribution in [1.29, 1.82) is 0 Å². The summed E-state index contributed by atoms with van der Waals surface area (Å²) in [5.41, 5.74) is 0.728. The maximum Gasteiger partial charge on any atom is 0.240 e. The summed E-state index contributed by atoms with van der Waals surface area (Å²) in [6, 6.07) is 3.35. The minimum atomic E-state index is -0.190. The summed E-state index contributed by atoms with van der Waals surface area (Å²) < 4.78 is 5.54. The first-order chi connectivity index (χ1) is 8.34. The smallest absolute Gasteiger partial charge is 0.240 e. The number of ether oxygens (including phenoxy) is 1. The summed E-state index contributed by atoms with van der Waals surface area (Å²) in [4.78, 5) is 8.54. The molecule has 0 saturated heterocycles. The van der Waals surface area contributed by atoms with E-state index in [0.29, 0.717) is 22.7 Å². The van der Waals surface area contributed by atoms with Crippen molar-refractivity contribution >= 4 is 11.6 Å². The lowest BCUT2D eigenvalue weighted by Gasteiger charge is -2.17. The molecule has 0 unspecified atom stereocenters. The zero-order valence-corrected chi connectivity index (χ0v) is 11.5. The molecule has 0 atom stereocenters. The van der Waals surface area contributed by atoms with Gasteiger partial charge in [-0.1, -0.05) is 32.4 Å². The lowest BCUT2D eigenvalue weighted by atomic mass is 9.96. The van der Waals surface area contributed by atoms with Crippen LogP contribution in [0.3, 0.4) is 0 Å². The van der Waals surface area contributed by atoms with Gasteiger partial charge in [0.25, 0.3) is 0 Å².